The lowest BCUT2D eigenvalue weighted by Crippen LogP contribution is -2.21. The van der Waals surface area contributed by atoms with Gasteiger partial charge in [0.2, 0.25) is 5.78 Å². The number of carbonyl (C=O) groups excluding carboxylic acids is 2. The molecule has 0 saturated carbocycles. The Kier molecular flexibility index (Phi) is 6.75. The topological polar surface area (TPSA) is 185 Å². The van der Waals surface area contributed by atoms with Crippen LogP contribution in [0.1, 0.15) is 21.7 Å². The van der Waals surface area contributed by atoms with E-state index in [0.717, 1.165) is 32.7 Å². The van der Waals surface area contributed by atoms with Gasteiger partial charge in [-0.1, -0.05) is 0 Å². The summed E-state index contributed by atoms with van der Waals surface area (Å²) in [4.78, 5) is 43.8. The van der Waals surface area contributed by atoms with Gasteiger partial charge in [0.05, 0.1) is 30.7 Å². The van der Waals surface area contributed by atoms with E-state index in [2.05, 4.69) is 20.6 Å². The zero-order valence-corrected chi connectivity index (χ0v) is 19.9. The largest absolute Gasteiger partial charge is 0.494 e. The quantitative estimate of drug-likeness (QED) is 0.170. The maximum atomic E-state index is 15.0. The summed E-state index contributed by atoms with van der Waals surface area (Å²) in [5, 5.41) is 16.5. The van der Waals surface area contributed by atoms with E-state index in [1.54, 1.807) is 6.92 Å². The number of primary amides is 1. The summed E-state index contributed by atoms with van der Waals surface area (Å²) in [6.45, 7) is 1.58. The van der Waals surface area contributed by atoms with Crippen molar-refractivity contribution in [2.24, 2.45) is 5.73 Å². The number of nitro groups is 1. The fourth-order valence-corrected chi connectivity index (χ4v) is 3.66. The molecule has 0 saturated heterocycles. The number of ether oxygens (including phenoxy) is 2. The highest BCUT2D eigenvalue weighted by molar-refractivity contribution is 6.17. The summed E-state index contributed by atoms with van der Waals surface area (Å²) in [7, 11) is 2.22. The number of pyridine rings is 2. The Hall–Kier alpha value is -5.34. The number of rotatable bonds is 8. The second-order valence-corrected chi connectivity index (χ2v) is 7.71. The molecular formula is C23H18F2N6O7. The third-order valence-electron chi connectivity index (χ3n) is 5.40. The minimum Gasteiger partial charge on any atom is -0.494 e. The zero-order chi connectivity index (χ0) is 27.7. The Labute approximate surface area is 211 Å². The van der Waals surface area contributed by atoms with Gasteiger partial charge in [0, 0.05) is 12.3 Å². The van der Waals surface area contributed by atoms with Crippen LogP contribution in [0.3, 0.4) is 0 Å². The number of carbonyl (C=O) groups is 2. The second kappa shape index (κ2) is 9.96. The molecule has 0 bridgehead atoms. The van der Waals surface area contributed by atoms with Gasteiger partial charge in [0.15, 0.2) is 34.5 Å². The molecule has 38 heavy (non-hydrogen) atoms. The van der Waals surface area contributed by atoms with E-state index in [1.165, 1.54) is 12.3 Å². The number of fused-ring (bicyclic) bond motifs is 1. The highest BCUT2D eigenvalue weighted by Crippen LogP contribution is 2.38. The summed E-state index contributed by atoms with van der Waals surface area (Å²) in [6, 6.07) is 1.10. The van der Waals surface area contributed by atoms with Gasteiger partial charge in [-0.25, -0.2) is 18.6 Å². The van der Waals surface area contributed by atoms with Gasteiger partial charge in [0.1, 0.15) is 29.0 Å². The Bertz CT molecular complexity index is 1590. The number of nitrogens with two attached hydrogens (primary N) is 1. The molecule has 13 nitrogen and oxygen atoms in total. The molecule has 0 aliphatic heterocycles. The molecule has 0 fully saturated rings. The average molecular weight is 528 g/mol. The van der Waals surface area contributed by atoms with Crippen LogP contribution in [0, 0.1) is 28.7 Å². The molecule has 0 aliphatic rings. The summed E-state index contributed by atoms with van der Waals surface area (Å²) in [6.07, 6.45) is 3.59. The van der Waals surface area contributed by atoms with E-state index in [9.17, 15) is 19.7 Å². The van der Waals surface area contributed by atoms with Crippen molar-refractivity contribution in [3.63, 3.8) is 0 Å². The van der Waals surface area contributed by atoms with Gasteiger partial charge >= 0.3 is 11.7 Å². The van der Waals surface area contributed by atoms with Crippen LogP contribution in [0.2, 0.25) is 0 Å². The van der Waals surface area contributed by atoms with Gasteiger partial charge in [0.25, 0.3) is 0 Å². The molecule has 0 spiro atoms. The molecule has 2 amide bonds. The first kappa shape index (κ1) is 25.7. The molecule has 0 unspecified atom stereocenters. The smallest absolute Gasteiger partial charge is 0.316 e. The van der Waals surface area contributed by atoms with Crippen LogP contribution in [0.5, 0.6) is 11.5 Å². The van der Waals surface area contributed by atoms with Crippen LogP contribution < -0.4 is 25.8 Å². The highest BCUT2D eigenvalue weighted by Gasteiger charge is 2.32. The summed E-state index contributed by atoms with van der Waals surface area (Å²) < 4.78 is 45.3. The van der Waals surface area contributed by atoms with Gasteiger partial charge in [-0.15, -0.1) is 0 Å². The molecule has 4 rings (SSSR count). The standard InChI is InChI=1S/C23H18F2N6O7/c1-9-6-27-7-11(31(34)35)19(9)29-15-4-10-14(8-28-15)38-22(20(10)30-23(26)33)21(32)16-17(24)12(36-2)5-13(37-3)18(16)25/h4-8H,1-3H3,(H3,26,30,33)(H,27,28,29). The van der Waals surface area contributed by atoms with E-state index >= 15 is 8.78 Å². The van der Waals surface area contributed by atoms with Crippen LogP contribution in [-0.4, -0.2) is 40.9 Å². The SMILES string of the molecule is COc1cc(OC)c(F)c(C(=O)c2oc3cnc(Nc4c(C)cncc4[N+](=O)[O-])cc3c2NC(N)=O)c1F. The number of benzene rings is 1. The lowest BCUT2D eigenvalue weighted by Gasteiger charge is -2.11. The van der Waals surface area contributed by atoms with Crippen molar-refractivity contribution in [1.82, 2.24) is 9.97 Å². The van der Waals surface area contributed by atoms with Crippen molar-refractivity contribution in [3.05, 3.63) is 69.4 Å². The number of hydrogen-bond donors (Lipinski definition) is 3. The molecule has 4 N–H and O–H groups in total. The lowest BCUT2D eigenvalue weighted by atomic mass is 10.0. The van der Waals surface area contributed by atoms with Gasteiger partial charge < -0.3 is 30.3 Å². The third-order valence-corrected chi connectivity index (χ3v) is 5.40. The average Bonchev–Trinajstić information content (AvgIpc) is 3.22. The predicted octanol–water partition coefficient (Wildman–Crippen LogP) is 4.20. The predicted molar refractivity (Wildman–Crippen MR) is 129 cm³/mol. The number of anilines is 3. The molecule has 1 aromatic carbocycles. The fourth-order valence-electron chi connectivity index (χ4n) is 3.66. The minimum atomic E-state index is -1.33. The molecule has 196 valence electrons. The number of methoxy groups -OCH3 is 2. The number of hydrogen-bond acceptors (Lipinski definition) is 10. The van der Waals surface area contributed by atoms with Crippen molar-refractivity contribution in [2.45, 2.75) is 6.92 Å². The number of aryl methyl sites for hydroxylation is 1. The molecule has 0 atom stereocenters. The summed E-state index contributed by atoms with van der Waals surface area (Å²) in [5.41, 5.74) is 4.00. The van der Waals surface area contributed by atoms with Crippen LogP contribution >= 0.6 is 0 Å². The van der Waals surface area contributed by atoms with Crippen molar-refractivity contribution in [3.8, 4) is 11.5 Å². The van der Waals surface area contributed by atoms with Crippen LogP contribution in [0.4, 0.5) is 36.5 Å². The number of urea groups is 1. The first-order chi connectivity index (χ1) is 18.1. The molecule has 4 aromatic rings. The molecule has 0 radical (unpaired) electrons. The molecular weight excluding hydrogens is 510 g/mol. The fraction of sp³-hybridized carbons (Fsp3) is 0.130. The summed E-state index contributed by atoms with van der Waals surface area (Å²) in [5.74, 6) is -5.54. The van der Waals surface area contributed by atoms with Crippen LogP contribution in [-0.2, 0) is 0 Å². The first-order valence-electron chi connectivity index (χ1n) is 10.6. The number of nitrogens with zero attached hydrogens (tertiary/aromatic N) is 3. The van der Waals surface area contributed by atoms with E-state index in [0.29, 0.717) is 5.56 Å². The normalized spacial score (nSPS) is 10.8. The number of halogens is 2. The van der Waals surface area contributed by atoms with Gasteiger partial charge in [-0.3, -0.25) is 19.9 Å². The van der Waals surface area contributed by atoms with E-state index in [1.807, 2.05) is 0 Å². The van der Waals surface area contributed by atoms with Crippen molar-refractivity contribution < 1.29 is 37.2 Å². The van der Waals surface area contributed by atoms with Crippen molar-refractivity contribution in [1.29, 1.82) is 0 Å². The molecule has 3 aromatic heterocycles. The Balaban J connectivity index is 1.88. The number of aromatic nitrogens is 2. The minimum absolute atomic E-state index is 0.0441. The Morgan fingerprint density at radius 1 is 1.08 bits per heavy atom. The third kappa shape index (κ3) is 4.47. The first-order valence-corrected chi connectivity index (χ1v) is 10.6. The Morgan fingerprint density at radius 3 is 2.32 bits per heavy atom. The van der Waals surface area contributed by atoms with Crippen molar-refractivity contribution >= 4 is 45.7 Å². The molecule has 15 heteroatoms. The van der Waals surface area contributed by atoms with Gasteiger partial charge in [-0.2, -0.15) is 0 Å². The van der Waals surface area contributed by atoms with E-state index < -0.39 is 51.2 Å². The maximum absolute atomic E-state index is 15.0. The van der Waals surface area contributed by atoms with E-state index in [-0.39, 0.29) is 33.8 Å². The highest BCUT2D eigenvalue weighted by atomic mass is 19.1. The van der Waals surface area contributed by atoms with E-state index in [4.69, 9.17) is 19.6 Å². The Morgan fingerprint density at radius 2 is 1.74 bits per heavy atom. The maximum Gasteiger partial charge on any atom is 0.316 e. The number of furan rings is 1. The van der Waals surface area contributed by atoms with Crippen molar-refractivity contribution in [2.75, 3.05) is 24.9 Å². The molecule has 3 heterocycles. The number of ketones is 1. The monoisotopic (exact) mass is 528 g/mol. The van der Waals surface area contributed by atoms with Gasteiger partial charge in [-0.05, 0) is 18.6 Å². The van der Waals surface area contributed by atoms with Crippen LogP contribution in [0.15, 0.2) is 35.1 Å². The number of nitrogens with one attached hydrogen (secondary N) is 2. The number of amides is 2. The lowest BCUT2D eigenvalue weighted by molar-refractivity contribution is -0.384. The zero-order valence-electron chi connectivity index (χ0n) is 19.9. The molecule has 0 aliphatic carbocycles. The second-order valence-electron chi connectivity index (χ2n) is 7.71. The van der Waals surface area contributed by atoms with Crippen LogP contribution in [0.25, 0.3) is 11.0 Å². The summed E-state index contributed by atoms with van der Waals surface area (Å²) >= 11 is 0.